The molecule has 150 valence electrons. The van der Waals surface area contributed by atoms with Gasteiger partial charge in [-0.1, -0.05) is 6.07 Å². The number of aliphatic hydroxyl groups is 1. The zero-order chi connectivity index (χ0) is 20.4. The number of anilines is 1. The molecule has 4 heterocycles. The Morgan fingerprint density at radius 2 is 2.14 bits per heavy atom. The number of aryl methyl sites for hydroxylation is 1. The van der Waals surface area contributed by atoms with Crippen LogP contribution in [-0.2, 0) is 4.79 Å². The fraction of sp³-hybridized carbons (Fsp3) is 0.318. The Kier molecular flexibility index (Phi) is 5.60. The fourth-order valence-corrected chi connectivity index (χ4v) is 4.72. The number of carbonyl (C=O) groups is 1. The first-order valence-corrected chi connectivity index (χ1v) is 10.8. The predicted molar refractivity (Wildman–Crippen MR) is 115 cm³/mol. The number of fused-ring (bicyclic) bond motifs is 1. The van der Waals surface area contributed by atoms with Gasteiger partial charge in [-0.2, -0.15) is 21.1 Å². The van der Waals surface area contributed by atoms with E-state index < -0.39 is 0 Å². The van der Waals surface area contributed by atoms with Crippen LogP contribution in [0.2, 0.25) is 0 Å². The molecule has 0 aromatic carbocycles. The maximum atomic E-state index is 12.8. The number of carbonyl (C=O) groups excluding carboxylic acids is 1. The molecule has 0 fully saturated rings. The normalized spacial score (nSPS) is 17.8. The number of thiophene rings is 1. The molecule has 0 radical (unpaired) electrons. The molecule has 6 nitrogen and oxygen atoms in total. The number of hydrogen-bond acceptors (Lipinski definition) is 6. The van der Waals surface area contributed by atoms with Gasteiger partial charge in [0.05, 0.1) is 5.69 Å². The lowest BCUT2D eigenvalue weighted by molar-refractivity contribution is -0.116. The summed E-state index contributed by atoms with van der Waals surface area (Å²) in [7, 11) is 0. The minimum atomic E-state index is -0.0437. The SMILES string of the molecule is CCO.Cc1nn(-c2ccccn2)c2c1C(c1ccsc1)C1=C(CCCC1=O)N2. The van der Waals surface area contributed by atoms with Gasteiger partial charge in [0.2, 0.25) is 0 Å². The third-order valence-corrected chi connectivity index (χ3v) is 5.85. The van der Waals surface area contributed by atoms with Crippen molar-refractivity contribution in [2.24, 2.45) is 0 Å². The molecule has 1 atom stereocenters. The van der Waals surface area contributed by atoms with E-state index >= 15 is 0 Å². The molecule has 7 heteroatoms. The Bertz CT molecular complexity index is 1040. The topological polar surface area (TPSA) is 80.0 Å². The van der Waals surface area contributed by atoms with Gasteiger partial charge in [-0.15, -0.1) is 0 Å². The molecule has 1 aliphatic carbocycles. The Morgan fingerprint density at radius 1 is 1.31 bits per heavy atom. The van der Waals surface area contributed by atoms with Crippen molar-refractivity contribution in [1.82, 2.24) is 14.8 Å². The molecule has 2 N–H and O–H groups in total. The number of rotatable bonds is 2. The van der Waals surface area contributed by atoms with Gasteiger partial charge in [-0.3, -0.25) is 4.79 Å². The first kappa shape index (κ1) is 19.5. The highest BCUT2D eigenvalue weighted by Crippen LogP contribution is 2.47. The van der Waals surface area contributed by atoms with Crippen LogP contribution >= 0.6 is 11.3 Å². The van der Waals surface area contributed by atoms with Crippen molar-refractivity contribution in [2.45, 2.75) is 39.0 Å². The van der Waals surface area contributed by atoms with Crippen LogP contribution in [0.3, 0.4) is 0 Å². The molecule has 1 unspecified atom stereocenters. The van der Waals surface area contributed by atoms with Crippen LogP contribution in [0.5, 0.6) is 0 Å². The molecule has 0 saturated carbocycles. The van der Waals surface area contributed by atoms with Crippen molar-refractivity contribution in [3.05, 3.63) is 69.3 Å². The number of nitrogens with zero attached hydrogens (tertiary/aromatic N) is 3. The molecule has 0 saturated heterocycles. The van der Waals surface area contributed by atoms with Crippen LogP contribution in [0.25, 0.3) is 5.82 Å². The molecule has 0 bridgehead atoms. The molecule has 2 aliphatic rings. The van der Waals surface area contributed by atoms with E-state index in [0.717, 1.165) is 47.0 Å². The van der Waals surface area contributed by atoms with Crippen LogP contribution in [0.15, 0.2) is 52.5 Å². The summed E-state index contributed by atoms with van der Waals surface area (Å²) in [6.07, 6.45) is 4.19. The number of nitrogens with one attached hydrogen (secondary N) is 1. The number of Topliss-reactive ketones (excluding diaryl/α,β-unsaturated/α-hetero) is 1. The van der Waals surface area contributed by atoms with Crippen LogP contribution in [0, 0.1) is 6.92 Å². The zero-order valence-electron chi connectivity index (χ0n) is 16.6. The molecule has 0 amide bonds. The number of aromatic nitrogens is 3. The second-order valence-electron chi connectivity index (χ2n) is 7.05. The number of ketones is 1. The third kappa shape index (κ3) is 3.52. The standard InChI is InChI=1S/C20H18N4OS.C2H6O/c1-12-17-18(13-8-10-26-11-13)19-14(5-4-6-15(19)25)22-20(17)24(23-12)16-7-2-3-9-21-16;1-2-3/h2-3,7-11,18,22H,4-6H2,1H3;3H,2H2,1H3. The van der Waals surface area contributed by atoms with Crippen LogP contribution < -0.4 is 5.32 Å². The van der Waals surface area contributed by atoms with Gasteiger partial charge in [0.15, 0.2) is 11.6 Å². The van der Waals surface area contributed by atoms with Crippen molar-refractivity contribution >= 4 is 22.9 Å². The second kappa shape index (κ2) is 8.31. The molecule has 3 aromatic heterocycles. The van der Waals surface area contributed by atoms with Crippen LogP contribution in [0.1, 0.15) is 48.9 Å². The highest BCUT2D eigenvalue weighted by molar-refractivity contribution is 7.08. The average Bonchev–Trinajstić information content (AvgIpc) is 3.37. The van der Waals surface area contributed by atoms with E-state index in [1.807, 2.05) is 29.8 Å². The largest absolute Gasteiger partial charge is 0.397 e. The molecule has 29 heavy (non-hydrogen) atoms. The highest BCUT2D eigenvalue weighted by Gasteiger charge is 2.38. The fourth-order valence-electron chi connectivity index (χ4n) is 4.04. The van der Waals surface area contributed by atoms with E-state index in [1.54, 1.807) is 24.5 Å². The summed E-state index contributed by atoms with van der Waals surface area (Å²) in [5.41, 5.74) is 5.15. The zero-order valence-corrected chi connectivity index (χ0v) is 17.4. The molecule has 3 aromatic rings. The lowest BCUT2D eigenvalue weighted by Gasteiger charge is -2.32. The van der Waals surface area contributed by atoms with Crippen molar-refractivity contribution in [3.63, 3.8) is 0 Å². The molecule has 5 rings (SSSR count). The number of hydrogen-bond donors (Lipinski definition) is 2. The second-order valence-corrected chi connectivity index (χ2v) is 7.83. The van der Waals surface area contributed by atoms with Gasteiger partial charge in [0.1, 0.15) is 5.82 Å². The smallest absolute Gasteiger partial charge is 0.161 e. The summed E-state index contributed by atoms with van der Waals surface area (Å²) in [6, 6.07) is 7.92. The summed E-state index contributed by atoms with van der Waals surface area (Å²) in [5.74, 6) is 1.92. The van der Waals surface area contributed by atoms with E-state index in [-0.39, 0.29) is 18.3 Å². The summed E-state index contributed by atoms with van der Waals surface area (Å²) < 4.78 is 1.87. The third-order valence-electron chi connectivity index (χ3n) is 5.15. The van der Waals surface area contributed by atoms with E-state index in [4.69, 9.17) is 10.2 Å². The van der Waals surface area contributed by atoms with Crippen molar-refractivity contribution in [2.75, 3.05) is 11.9 Å². The Balaban J connectivity index is 0.000000645. The van der Waals surface area contributed by atoms with Crippen LogP contribution in [-0.4, -0.2) is 32.3 Å². The quantitative estimate of drug-likeness (QED) is 0.664. The lowest BCUT2D eigenvalue weighted by Crippen LogP contribution is -2.27. The van der Waals surface area contributed by atoms with Crippen LogP contribution in [0.4, 0.5) is 5.82 Å². The molecular formula is C22H24N4O2S. The van der Waals surface area contributed by atoms with E-state index in [1.165, 1.54) is 5.56 Å². The van der Waals surface area contributed by atoms with Gasteiger partial charge in [-0.05, 0) is 61.2 Å². The Hall–Kier alpha value is -2.77. The summed E-state index contributed by atoms with van der Waals surface area (Å²) in [4.78, 5) is 17.3. The van der Waals surface area contributed by atoms with Gasteiger partial charge in [-0.25, -0.2) is 4.98 Å². The van der Waals surface area contributed by atoms with Crippen molar-refractivity contribution in [1.29, 1.82) is 0 Å². The number of pyridine rings is 1. The van der Waals surface area contributed by atoms with E-state index in [2.05, 4.69) is 27.1 Å². The maximum absolute atomic E-state index is 12.8. The monoisotopic (exact) mass is 408 g/mol. The molecule has 1 aliphatic heterocycles. The Morgan fingerprint density at radius 3 is 2.83 bits per heavy atom. The predicted octanol–water partition coefficient (Wildman–Crippen LogP) is 4.20. The van der Waals surface area contributed by atoms with Gasteiger partial charge in [0.25, 0.3) is 0 Å². The molecule has 0 spiro atoms. The minimum Gasteiger partial charge on any atom is -0.397 e. The van der Waals surface area contributed by atoms with Gasteiger partial charge in [0, 0.05) is 42.0 Å². The maximum Gasteiger partial charge on any atom is 0.161 e. The number of aliphatic hydroxyl groups excluding tert-OH is 1. The first-order valence-electron chi connectivity index (χ1n) is 9.82. The van der Waals surface area contributed by atoms with E-state index in [9.17, 15) is 4.79 Å². The van der Waals surface area contributed by atoms with Crippen molar-refractivity contribution in [3.8, 4) is 5.82 Å². The lowest BCUT2D eigenvalue weighted by atomic mass is 9.77. The molecular weight excluding hydrogens is 384 g/mol. The average molecular weight is 409 g/mol. The van der Waals surface area contributed by atoms with Gasteiger partial charge < -0.3 is 10.4 Å². The van der Waals surface area contributed by atoms with Crippen molar-refractivity contribution < 1.29 is 9.90 Å². The first-order chi connectivity index (χ1) is 14.2. The number of allylic oxidation sites excluding steroid dienone is 2. The minimum absolute atomic E-state index is 0.0437. The summed E-state index contributed by atoms with van der Waals surface area (Å²) >= 11 is 1.66. The summed E-state index contributed by atoms with van der Waals surface area (Å²) in [6.45, 7) is 3.94. The highest BCUT2D eigenvalue weighted by atomic mass is 32.1. The van der Waals surface area contributed by atoms with E-state index in [0.29, 0.717) is 6.42 Å². The summed E-state index contributed by atoms with van der Waals surface area (Å²) in [5, 5.41) is 20.1. The Labute approximate surface area is 173 Å². The van der Waals surface area contributed by atoms with Gasteiger partial charge >= 0.3 is 0 Å².